The molecule has 0 aliphatic heterocycles. The van der Waals surface area contributed by atoms with Crippen molar-refractivity contribution in [2.24, 2.45) is 4.99 Å². The molecule has 2 saturated carbocycles. The van der Waals surface area contributed by atoms with Gasteiger partial charge >= 0.3 is 6.02 Å². The van der Waals surface area contributed by atoms with Gasteiger partial charge in [-0.25, -0.2) is 0 Å². The first-order chi connectivity index (χ1) is 9.36. The molecule has 0 heterocycles. The number of hydrogen-bond acceptors (Lipinski definition) is 3. The zero-order chi connectivity index (χ0) is 13.5. The molecule has 2 rings (SSSR count). The first-order valence-electron chi connectivity index (χ1n) is 7.66. The molecule has 0 radical (unpaired) electrons. The van der Waals surface area contributed by atoms with Gasteiger partial charge in [-0.05, 0) is 25.7 Å². The third-order valence-electron chi connectivity index (χ3n) is 4.49. The molecule has 4 nitrogen and oxygen atoms in total. The van der Waals surface area contributed by atoms with E-state index in [0.29, 0.717) is 18.1 Å². The first-order valence-corrected chi connectivity index (χ1v) is 7.66. The second kappa shape index (κ2) is 7.37. The van der Waals surface area contributed by atoms with Gasteiger partial charge in [-0.15, -0.1) is 4.99 Å². The van der Waals surface area contributed by atoms with Crippen molar-refractivity contribution in [3.63, 3.8) is 0 Å². The van der Waals surface area contributed by atoms with Crippen LogP contribution < -0.4 is 0 Å². The molecule has 0 unspecified atom stereocenters. The number of rotatable bonds is 2. The fourth-order valence-electron chi connectivity index (χ4n) is 3.58. The van der Waals surface area contributed by atoms with Gasteiger partial charge in [-0.2, -0.15) is 5.26 Å². The van der Waals surface area contributed by atoms with Crippen LogP contribution in [0.25, 0.3) is 0 Å². The summed E-state index contributed by atoms with van der Waals surface area (Å²) < 4.78 is 5.41. The molecule has 19 heavy (non-hydrogen) atoms. The Morgan fingerprint density at radius 3 is 1.84 bits per heavy atom. The molecule has 0 spiro atoms. The van der Waals surface area contributed by atoms with Gasteiger partial charge in [-0.1, -0.05) is 38.5 Å². The minimum Gasteiger partial charge on any atom is -0.468 e. The summed E-state index contributed by atoms with van der Waals surface area (Å²) in [5, 5.41) is 8.87. The minimum atomic E-state index is 0.517. The molecule has 106 valence electrons. The molecular formula is C15H25N3O. The summed E-state index contributed by atoms with van der Waals surface area (Å²) >= 11 is 0. The average Bonchev–Trinajstić information content (AvgIpc) is 2.49. The Hall–Kier alpha value is -1.24. The molecule has 0 saturated heterocycles. The highest BCUT2D eigenvalue weighted by Crippen LogP contribution is 2.30. The highest BCUT2D eigenvalue weighted by Gasteiger charge is 2.32. The lowest BCUT2D eigenvalue weighted by Crippen LogP contribution is -2.49. The van der Waals surface area contributed by atoms with Crippen molar-refractivity contribution in [1.82, 2.24) is 4.90 Å². The van der Waals surface area contributed by atoms with Crippen molar-refractivity contribution >= 4 is 6.02 Å². The summed E-state index contributed by atoms with van der Waals surface area (Å²) in [5.41, 5.74) is 0. The summed E-state index contributed by atoms with van der Waals surface area (Å²) in [4.78, 5) is 6.25. The van der Waals surface area contributed by atoms with Crippen molar-refractivity contribution in [1.29, 1.82) is 5.26 Å². The lowest BCUT2D eigenvalue weighted by Gasteiger charge is -2.42. The maximum absolute atomic E-state index is 8.87. The van der Waals surface area contributed by atoms with Crippen LogP contribution >= 0.6 is 0 Å². The second-order valence-electron chi connectivity index (χ2n) is 5.69. The number of hydrogen-bond donors (Lipinski definition) is 0. The molecule has 0 N–H and O–H groups in total. The molecule has 0 bridgehead atoms. The largest absolute Gasteiger partial charge is 0.468 e. The predicted octanol–water partition coefficient (Wildman–Crippen LogP) is 3.44. The molecule has 2 aliphatic rings. The Morgan fingerprint density at radius 1 is 1.00 bits per heavy atom. The Morgan fingerprint density at radius 2 is 1.47 bits per heavy atom. The Kier molecular flexibility index (Phi) is 5.50. The quantitative estimate of drug-likeness (QED) is 0.435. The lowest BCUT2D eigenvalue weighted by molar-refractivity contribution is 0.123. The third-order valence-corrected chi connectivity index (χ3v) is 4.49. The second-order valence-corrected chi connectivity index (χ2v) is 5.69. The van der Waals surface area contributed by atoms with Crippen molar-refractivity contribution in [2.75, 3.05) is 7.11 Å². The van der Waals surface area contributed by atoms with E-state index in [1.165, 1.54) is 64.2 Å². The highest BCUT2D eigenvalue weighted by molar-refractivity contribution is 5.75. The van der Waals surface area contributed by atoms with E-state index >= 15 is 0 Å². The number of nitrogens with zero attached hydrogens (tertiary/aromatic N) is 3. The van der Waals surface area contributed by atoms with Crippen LogP contribution in [0.15, 0.2) is 4.99 Å². The molecular weight excluding hydrogens is 238 g/mol. The van der Waals surface area contributed by atoms with Gasteiger partial charge < -0.3 is 9.64 Å². The molecule has 4 heteroatoms. The fourth-order valence-corrected chi connectivity index (χ4v) is 3.58. The van der Waals surface area contributed by atoms with Crippen LogP contribution in [0.2, 0.25) is 0 Å². The summed E-state index contributed by atoms with van der Waals surface area (Å²) in [6.07, 6.45) is 14.6. The zero-order valence-electron chi connectivity index (χ0n) is 12.0. The molecule has 0 amide bonds. The van der Waals surface area contributed by atoms with Crippen molar-refractivity contribution in [3.05, 3.63) is 0 Å². The van der Waals surface area contributed by atoms with Gasteiger partial charge in [0.2, 0.25) is 6.19 Å². The zero-order valence-corrected chi connectivity index (χ0v) is 12.0. The van der Waals surface area contributed by atoms with Crippen LogP contribution in [0, 0.1) is 11.5 Å². The maximum atomic E-state index is 8.87. The summed E-state index contributed by atoms with van der Waals surface area (Å²) in [5.74, 6) is 0. The monoisotopic (exact) mass is 263 g/mol. The van der Waals surface area contributed by atoms with E-state index in [1.807, 2.05) is 6.19 Å². The van der Waals surface area contributed by atoms with Crippen LogP contribution in [0.3, 0.4) is 0 Å². The molecule has 0 atom stereocenters. The van der Waals surface area contributed by atoms with Gasteiger partial charge in [0.25, 0.3) is 0 Å². The Balaban J connectivity index is 2.15. The Bertz CT molecular complexity index is 318. The average molecular weight is 263 g/mol. The molecule has 2 aliphatic carbocycles. The van der Waals surface area contributed by atoms with Crippen LogP contribution in [0.1, 0.15) is 64.2 Å². The van der Waals surface area contributed by atoms with E-state index in [0.717, 1.165) is 0 Å². The number of amidine groups is 1. The van der Waals surface area contributed by atoms with E-state index < -0.39 is 0 Å². The first kappa shape index (κ1) is 14.2. The standard InChI is InChI=1S/C15H25N3O/c1-19-15(17-12-16)18(13-8-4-2-5-9-13)14-10-6-3-7-11-14/h13-14H,2-11H2,1H3. The summed E-state index contributed by atoms with van der Waals surface area (Å²) in [6, 6.07) is 1.58. The van der Waals surface area contributed by atoms with E-state index in [4.69, 9.17) is 10.00 Å². The number of ether oxygens (including phenoxy) is 1. The molecule has 0 aromatic heterocycles. The highest BCUT2D eigenvalue weighted by atomic mass is 16.5. The van der Waals surface area contributed by atoms with E-state index in [1.54, 1.807) is 7.11 Å². The summed E-state index contributed by atoms with van der Waals surface area (Å²) in [6.45, 7) is 0. The van der Waals surface area contributed by atoms with Crippen molar-refractivity contribution in [2.45, 2.75) is 76.3 Å². The van der Waals surface area contributed by atoms with Gasteiger partial charge in [0.15, 0.2) is 0 Å². The molecule has 0 aromatic carbocycles. The number of methoxy groups -OCH3 is 1. The van der Waals surface area contributed by atoms with Gasteiger partial charge in [0.1, 0.15) is 0 Å². The molecule has 2 fully saturated rings. The topological polar surface area (TPSA) is 48.6 Å². The number of nitriles is 1. The van der Waals surface area contributed by atoms with E-state index in [-0.39, 0.29) is 0 Å². The van der Waals surface area contributed by atoms with Crippen LogP contribution in [0.4, 0.5) is 0 Å². The minimum absolute atomic E-state index is 0.517. The molecule has 0 aromatic rings. The van der Waals surface area contributed by atoms with Gasteiger partial charge in [0.05, 0.1) is 7.11 Å². The van der Waals surface area contributed by atoms with Crippen molar-refractivity contribution in [3.8, 4) is 6.19 Å². The van der Waals surface area contributed by atoms with E-state index in [9.17, 15) is 0 Å². The van der Waals surface area contributed by atoms with Crippen LogP contribution in [-0.2, 0) is 4.74 Å². The maximum Gasteiger partial charge on any atom is 0.303 e. The summed E-state index contributed by atoms with van der Waals surface area (Å²) in [7, 11) is 1.63. The fraction of sp³-hybridized carbons (Fsp3) is 0.867. The predicted molar refractivity (Wildman–Crippen MR) is 75.6 cm³/mol. The normalized spacial score (nSPS) is 22.8. The third kappa shape index (κ3) is 3.62. The SMILES string of the molecule is COC(=NC#N)N(C1CCCCC1)C1CCCCC1. The van der Waals surface area contributed by atoms with Crippen molar-refractivity contribution < 1.29 is 4.74 Å². The smallest absolute Gasteiger partial charge is 0.303 e. The van der Waals surface area contributed by atoms with Gasteiger partial charge in [0, 0.05) is 12.1 Å². The van der Waals surface area contributed by atoms with Gasteiger partial charge in [-0.3, -0.25) is 0 Å². The lowest BCUT2D eigenvalue weighted by atomic mass is 9.89. The number of aliphatic imine (C=N–C) groups is 1. The Labute approximate surface area is 116 Å². The van der Waals surface area contributed by atoms with Crippen LogP contribution in [-0.4, -0.2) is 30.1 Å². The van der Waals surface area contributed by atoms with E-state index in [2.05, 4.69) is 9.89 Å². The van der Waals surface area contributed by atoms with Crippen LogP contribution in [0.5, 0.6) is 0 Å².